The number of thioether (sulfide) groups is 1. The van der Waals surface area contributed by atoms with Crippen LogP contribution in [0.3, 0.4) is 0 Å². The molecule has 0 aliphatic heterocycles. The Morgan fingerprint density at radius 2 is 2.42 bits per heavy atom. The molecule has 3 N–H and O–H groups in total. The minimum atomic E-state index is -0.139. The Hall–Kier alpha value is -1.61. The number of amides is 1. The summed E-state index contributed by atoms with van der Waals surface area (Å²) in [5.41, 5.74) is 0. The summed E-state index contributed by atoms with van der Waals surface area (Å²) >= 11 is 2.63. The van der Waals surface area contributed by atoms with E-state index in [1.54, 1.807) is 11.6 Å². The predicted octanol–water partition coefficient (Wildman–Crippen LogP) is 1.13. The molecule has 0 bridgehead atoms. The van der Waals surface area contributed by atoms with Gasteiger partial charge in [-0.15, -0.1) is 21.5 Å². The Morgan fingerprint density at radius 1 is 1.58 bits per heavy atom. The maximum absolute atomic E-state index is 11.7. The fourth-order valence-electron chi connectivity index (χ4n) is 1.37. The second kappa shape index (κ2) is 6.53. The number of hydrogen-bond donors (Lipinski definition) is 2. The van der Waals surface area contributed by atoms with Crippen molar-refractivity contribution in [2.45, 2.75) is 24.9 Å². The number of nitrogens with two attached hydrogens (primary N) is 1. The van der Waals surface area contributed by atoms with Crippen molar-refractivity contribution >= 4 is 34.1 Å². The number of rotatable bonds is 6. The van der Waals surface area contributed by atoms with Gasteiger partial charge in [-0.1, -0.05) is 18.7 Å². The molecule has 0 fully saturated rings. The van der Waals surface area contributed by atoms with Gasteiger partial charge in [-0.25, -0.2) is 9.66 Å². The van der Waals surface area contributed by atoms with E-state index in [0.717, 1.165) is 18.7 Å². The highest BCUT2D eigenvalue weighted by atomic mass is 32.2. The summed E-state index contributed by atoms with van der Waals surface area (Å²) in [6, 6.07) is 0. The number of thiazole rings is 1. The van der Waals surface area contributed by atoms with Gasteiger partial charge < -0.3 is 11.2 Å². The summed E-state index contributed by atoms with van der Waals surface area (Å²) < 4.78 is 1.44. The number of carbonyl (C=O) groups is 1. The van der Waals surface area contributed by atoms with E-state index in [0.29, 0.717) is 10.3 Å². The van der Waals surface area contributed by atoms with Crippen molar-refractivity contribution in [3.63, 3.8) is 0 Å². The molecule has 102 valence electrons. The monoisotopic (exact) mass is 298 g/mol. The third-order valence-corrected chi connectivity index (χ3v) is 3.85. The molecule has 0 radical (unpaired) electrons. The van der Waals surface area contributed by atoms with Crippen molar-refractivity contribution in [3.8, 4) is 0 Å². The molecule has 0 spiro atoms. The SMILES string of the molecule is CCCc1nnc(SCC(=O)Nc2nccs2)n1N. The molecule has 0 atom stereocenters. The van der Waals surface area contributed by atoms with E-state index in [1.165, 1.54) is 27.8 Å². The Labute approximate surface area is 118 Å². The molecule has 2 heterocycles. The van der Waals surface area contributed by atoms with Gasteiger partial charge in [0.15, 0.2) is 11.0 Å². The van der Waals surface area contributed by atoms with Crippen molar-refractivity contribution in [2.75, 3.05) is 16.9 Å². The largest absolute Gasteiger partial charge is 0.336 e. The summed E-state index contributed by atoms with van der Waals surface area (Å²) in [7, 11) is 0. The lowest BCUT2D eigenvalue weighted by atomic mass is 10.3. The molecule has 7 nitrogen and oxygen atoms in total. The van der Waals surface area contributed by atoms with Crippen LogP contribution in [0.1, 0.15) is 19.2 Å². The van der Waals surface area contributed by atoms with Crippen molar-refractivity contribution in [1.82, 2.24) is 19.9 Å². The van der Waals surface area contributed by atoms with Crippen LogP contribution < -0.4 is 11.2 Å². The number of nitrogens with one attached hydrogen (secondary N) is 1. The molecule has 0 saturated carbocycles. The quantitative estimate of drug-likeness (QED) is 0.613. The fraction of sp³-hybridized carbons (Fsp3) is 0.400. The Balaban J connectivity index is 1.86. The molecule has 9 heteroatoms. The van der Waals surface area contributed by atoms with Gasteiger partial charge in [-0.2, -0.15) is 0 Å². The number of anilines is 1. The zero-order chi connectivity index (χ0) is 13.7. The van der Waals surface area contributed by atoms with E-state index < -0.39 is 0 Å². The lowest BCUT2D eigenvalue weighted by Gasteiger charge is -2.02. The maximum Gasteiger partial charge on any atom is 0.236 e. The number of carbonyl (C=O) groups excluding carboxylic acids is 1. The van der Waals surface area contributed by atoms with E-state index in [4.69, 9.17) is 5.84 Å². The van der Waals surface area contributed by atoms with E-state index in [-0.39, 0.29) is 11.7 Å². The number of aryl methyl sites for hydroxylation is 1. The van der Waals surface area contributed by atoms with Crippen molar-refractivity contribution in [2.24, 2.45) is 0 Å². The van der Waals surface area contributed by atoms with E-state index in [2.05, 4.69) is 20.5 Å². The topological polar surface area (TPSA) is 98.7 Å². The molecule has 0 aliphatic rings. The van der Waals surface area contributed by atoms with Crippen LogP contribution in [0.5, 0.6) is 0 Å². The lowest BCUT2D eigenvalue weighted by Crippen LogP contribution is -2.17. The molecular weight excluding hydrogens is 284 g/mol. The van der Waals surface area contributed by atoms with Crippen LogP contribution in [0.4, 0.5) is 5.13 Å². The van der Waals surface area contributed by atoms with Gasteiger partial charge in [0.05, 0.1) is 5.75 Å². The van der Waals surface area contributed by atoms with Crippen LogP contribution in [0.2, 0.25) is 0 Å². The van der Waals surface area contributed by atoms with Crippen LogP contribution >= 0.6 is 23.1 Å². The first-order chi connectivity index (χ1) is 9.20. The van der Waals surface area contributed by atoms with Gasteiger partial charge in [0.25, 0.3) is 0 Å². The van der Waals surface area contributed by atoms with E-state index >= 15 is 0 Å². The highest BCUT2D eigenvalue weighted by molar-refractivity contribution is 7.99. The molecule has 2 rings (SSSR count). The van der Waals surface area contributed by atoms with Crippen molar-refractivity contribution < 1.29 is 4.79 Å². The molecular formula is C10H14N6OS2. The van der Waals surface area contributed by atoms with Gasteiger partial charge in [-0.3, -0.25) is 4.79 Å². The van der Waals surface area contributed by atoms with Gasteiger partial charge in [-0.05, 0) is 6.42 Å². The molecule has 19 heavy (non-hydrogen) atoms. The highest BCUT2D eigenvalue weighted by Gasteiger charge is 2.12. The fourth-order valence-corrected chi connectivity index (χ4v) is 2.59. The average Bonchev–Trinajstić information content (AvgIpc) is 3.00. The van der Waals surface area contributed by atoms with E-state index in [1.807, 2.05) is 6.92 Å². The molecule has 1 amide bonds. The third-order valence-electron chi connectivity index (χ3n) is 2.22. The first-order valence-corrected chi connectivity index (χ1v) is 7.58. The first kappa shape index (κ1) is 13.8. The van der Waals surface area contributed by atoms with E-state index in [9.17, 15) is 4.79 Å². The average molecular weight is 298 g/mol. The Morgan fingerprint density at radius 3 is 3.11 bits per heavy atom. The van der Waals surface area contributed by atoms with Crippen LogP contribution in [-0.4, -0.2) is 31.5 Å². The van der Waals surface area contributed by atoms with Gasteiger partial charge in [0, 0.05) is 18.0 Å². The third kappa shape index (κ3) is 3.67. The smallest absolute Gasteiger partial charge is 0.236 e. The molecule has 0 aliphatic carbocycles. The standard InChI is InChI=1S/C10H14N6OS2/c1-2-3-7-14-15-10(16(7)11)19-6-8(17)13-9-12-4-5-18-9/h4-5H,2-3,6,11H2,1H3,(H,12,13,17). The number of nitrogen functional groups attached to an aromatic ring is 1. The molecule has 2 aromatic rings. The molecule has 0 aromatic carbocycles. The summed E-state index contributed by atoms with van der Waals surface area (Å²) in [6.07, 6.45) is 3.36. The number of nitrogens with zero attached hydrogens (tertiary/aromatic N) is 4. The van der Waals surface area contributed by atoms with Gasteiger partial charge in [0.1, 0.15) is 0 Å². The summed E-state index contributed by atoms with van der Waals surface area (Å²) in [5.74, 6) is 6.65. The summed E-state index contributed by atoms with van der Waals surface area (Å²) in [4.78, 5) is 15.6. The van der Waals surface area contributed by atoms with Crippen LogP contribution in [-0.2, 0) is 11.2 Å². The van der Waals surface area contributed by atoms with Crippen molar-refractivity contribution in [1.29, 1.82) is 0 Å². The van der Waals surface area contributed by atoms with Gasteiger partial charge >= 0.3 is 0 Å². The Bertz CT molecular complexity index is 538. The van der Waals surface area contributed by atoms with Crippen molar-refractivity contribution in [3.05, 3.63) is 17.4 Å². The van der Waals surface area contributed by atoms with Crippen LogP contribution in [0.15, 0.2) is 16.7 Å². The second-order valence-electron chi connectivity index (χ2n) is 3.69. The summed E-state index contributed by atoms with van der Waals surface area (Å²) in [6.45, 7) is 2.04. The molecule has 2 aromatic heterocycles. The number of hydrogen-bond acceptors (Lipinski definition) is 7. The number of aromatic nitrogens is 4. The lowest BCUT2D eigenvalue weighted by molar-refractivity contribution is -0.113. The minimum absolute atomic E-state index is 0.139. The molecule has 0 saturated heterocycles. The minimum Gasteiger partial charge on any atom is -0.336 e. The molecule has 0 unspecified atom stereocenters. The first-order valence-electron chi connectivity index (χ1n) is 5.72. The van der Waals surface area contributed by atoms with Crippen LogP contribution in [0, 0.1) is 0 Å². The maximum atomic E-state index is 11.7. The second-order valence-corrected chi connectivity index (χ2v) is 5.53. The zero-order valence-electron chi connectivity index (χ0n) is 10.4. The highest BCUT2D eigenvalue weighted by Crippen LogP contribution is 2.16. The van der Waals surface area contributed by atoms with Crippen LogP contribution in [0.25, 0.3) is 0 Å². The summed E-state index contributed by atoms with van der Waals surface area (Å²) in [5, 5.41) is 13.6. The predicted molar refractivity (Wildman–Crippen MR) is 75.6 cm³/mol. The normalized spacial score (nSPS) is 10.6. The zero-order valence-corrected chi connectivity index (χ0v) is 12.0. The Kier molecular flexibility index (Phi) is 4.74. The van der Waals surface area contributed by atoms with Gasteiger partial charge in [0.2, 0.25) is 11.1 Å².